The van der Waals surface area contributed by atoms with Crippen LogP contribution in [0.5, 0.6) is 0 Å². The molecule has 0 radical (unpaired) electrons. The molecule has 0 spiro atoms. The summed E-state index contributed by atoms with van der Waals surface area (Å²) < 4.78 is 6.00. The summed E-state index contributed by atoms with van der Waals surface area (Å²) in [5.41, 5.74) is -4.27. The van der Waals surface area contributed by atoms with Gasteiger partial charge in [0.25, 0.3) is 5.56 Å². The highest BCUT2D eigenvalue weighted by atomic mass is 16.6. The van der Waals surface area contributed by atoms with Crippen LogP contribution in [-0.2, 0) is 14.3 Å². The predicted molar refractivity (Wildman–Crippen MR) is 73.6 cm³/mol. The molecule has 0 saturated carbocycles. The molecule has 4 N–H and O–H groups in total. The van der Waals surface area contributed by atoms with Crippen LogP contribution in [0.3, 0.4) is 0 Å². The molecule has 1 aliphatic rings. The largest absolute Gasteiger partial charge is 0.387 e. The summed E-state index contributed by atoms with van der Waals surface area (Å²) in [5.74, 6) is -1.95. The van der Waals surface area contributed by atoms with Gasteiger partial charge >= 0.3 is 5.69 Å². The van der Waals surface area contributed by atoms with Gasteiger partial charge in [0.2, 0.25) is 5.60 Å². The second-order valence-electron chi connectivity index (χ2n) is 5.32. The molecule has 2 heterocycles. The van der Waals surface area contributed by atoms with Gasteiger partial charge in [0, 0.05) is 12.3 Å². The van der Waals surface area contributed by atoms with Gasteiger partial charge in [-0.1, -0.05) is 0 Å². The van der Waals surface area contributed by atoms with Crippen LogP contribution in [0.4, 0.5) is 0 Å². The number of Topliss-reactive ketones (excluding diaryl/α,β-unsaturated/α-hetero) is 2. The number of ketones is 2. The van der Waals surface area contributed by atoms with Crippen molar-refractivity contribution in [3.63, 3.8) is 0 Å². The Morgan fingerprint density at radius 2 is 1.78 bits per heavy atom. The molecule has 23 heavy (non-hydrogen) atoms. The standard InChI is InChI=1S/C13H16N2O8/c1-5(16)13(22,6(2)17)10-8(19)9(20)11(23-10)15-4-3-7(18)14-12(15)21/h3-4,8-11,19-20,22H,1-2H3,(H,14,18,21)/t8-,9+,10-,11+/m0/s1. The third-order valence-corrected chi connectivity index (χ3v) is 3.85. The normalized spacial score (nSPS) is 27.9. The predicted octanol–water partition coefficient (Wildman–Crippen LogP) is -2.94. The van der Waals surface area contributed by atoms with E-state index in [0.717, 1.165) is 30.7 Å². The number of nitrogens with one attached hydrogen (secondary N) is 1. The van der Waals surface area contributed by atoms with Crippen LogP contribution in [0.15, 0.2) is 21.9 Å². The van der Waals surface area contributed by atoms with Crippen molar-refractivity contribution in [3.05, 3.63) is 33.1 Å². The Bertz CT molecular complexity index is 737. The van der Waals surface area contributed by atoms with Crippen LogP contribution >= 0.6 is 0 Å². The minimum Gasteiger partial charge on any atom is -0.387 e. The molecule has 10 nitrogen and oxygen atoms in total. The topological polar surface area (TPSA) is 159 Å². The molecule has 0 unspecified atom stereocenters. The highest BCUT2D eigenvalue weighted by Gasteiger charge is 2.58. The maximum absolute atomic E-state index is 11.7. The lowest BCUT2D eigenvalue weighted by atomic mass is 9.85. The van der Waals surface area contributed by atoms with E-state index >= 15 is 0 Å². The number of aromatic nitrogens is 2. The minimum absolute atomic E-state index is 0.681. The van der Waals surface area contributed by atoms with Crippen LogP contribution in [-0.4, -0.2) is 60.4 Å². The van der Waals surface area contributed by atoms with E-state index < -0.39 is 53.0 Å². The van der Waals surface area contributed by atoms with Gasteiger partial charge in [0.15, 0.2) is 17.8 Å². The van der Waals surface area contributed by atoms with Gasteiger partial charge in [-0.05, 0) is 13.8 Å². The average molecular weight is 328 g/mol. The first-order valence-electron chi connectivity index (χ1n) is 6.68. The van der Waals surface area contributed by atoms with Crippen molar-refractivity contribution in [2.45, 2.75) is 44.0 Å². The van der Waals surface area contributed by atoms with Crippen LogP contribution in [0, 0.1) is 0 Å². The van der Waals surface area contributed by atoms with Crippen molar-refractivity contribution >= 4 is 11.6 Å². The number of H-pyrrole nitrogens is 1. The lowest BCUT2D eigenvalue weighted by molar-refractivity contribution is -0.173. The number of aliphatic hydroxyl groups is 3. The zero-order valence-corrected chi connectivity index (χ0v) is 12.3. The van der Waals surface area contributed by atoms with E-state index in [-0.39, 0.29) is 0 Å². The first-order chi connectivity index (χ1) is 10.6. The number of ether oxygens (including phenoxy) is 1. The van der Waals surface area contributed by atoms with Crippen molar-refractivity contribution < 1.29 is 29.6 Å². The summed E-state index contributed by atoms with van der Waals surface area (Å²) in [6.07, 6.45) is -5.77. The molecule has 2 rings (SSSR count). The van der Waals surface area contributed by atoms with Crippen LogP contribution in [0.25, 0.3) is 0 Å². The Morgan fingerprint density at radius 1 is 1.22 bits per heavy atom. The molecule has 0 amide bonds. The van der Waals surface area contributed by atoms with Crippen molar-refractivity contribution in [1.29, 1.82) is 0 Å². The molecule has 4 atom stereocenters. The fourth-order valence-electron chi connectivity index (χ4n) is 2.51. The SMILES string of the molecule is CC(=O)C(O)(C(C)=O)[C@H]1O[C@@H](n2ccc(=O)[nH]c2=O)[C@H](O)[C@@H]1O. The first-order valence-corrected chi connectivity index (χ1v) is 6.68. The molecule has 1 aliphatic heterocycles. The van der Waals surface area contributed by atoms with Crippen LogP contribution in [0.1, 0.15) is 20.1 Å². The van der Waals surface area contributed by atoms with E-state index in [1.54, 1.807) is 0 Å². The van der Waals surface area contributed by atoms with Crippen LogP contribution < -0.4 is 11.2 Å². The number of aliphatic hydroxyl groups excluding tert-OH is 2. The molecular weight excluding hydrogens is 312 g/mol. The third-order valence-electron chi connectivity index (χ3n) is 3.85. The third kappa shape index (κ3) is 2.65. The molecule has 0 bridgehead atoms. The molecule has 1 aromatic rings. The molecule has 0 aromatic carbocycles. The minimum atomic E-state index is -2.67. The van der Waals surface area contributed by atoms with Gasteiger partial charge in [-0.2, -0.15) is 0 Å². The Balaban J connectivity index is 2.46. The van der Waals surface area contributed by atoms with Gasteiger partial charge in [0.1, 0.15) is 18.3 Å². The number of carbonyl (C=O) groups excluding carboxylic acids is 2. The molecule has 10 heteroatoms. The smallest absolute Gasteiger partial charge is 0.330 e. The van der Waals surface area contributed by atoms with Crippen molar-refractivity contribution in [3.8, 4) is 0 Å². The quantitative estimate of drug-likeness (QED) is 0.427. The number of hydrogen-bond donors (Lipinski definition) is 4. The number of aromatic amines is 1. The van der Waals surface area contributed by atoms with E-state index in [1.165, 1.54) is 0 Å². The summed E-state index contributed by atoms with van der Waals surface area (Å²) in [4.78, 5) is 48.0. The second-order valence-corrected chi connectivity index (χ2v) is 5.32. The molecule has 126 valence electrons. The first kappa shape index (κ1) is 17.2. The monoisotopic (exact) mass is 328 g/mol. The zero-order valence-electron chi connectivity index (χ0n) is 12.3. The highest BCUT2D eigenvalue weighted by molar-refractivity contribution is 6.09. The van der Waals surface area contributed by atoms with Gasteiger partial charge in [-0.15, -0.1) is 0 Å². The molecule has 1 fully saturated rings. The van der Waals surface area contributed by atoms with E-state index in [2.05, 4.69) is 0 Å². The van der Waals surface area contributed by atoms with E-state index in [4.69, 9.17) is 4.74 Å². The maximum atomic E-state index is 11.7. The molecule has 1 aromatic heterocycles. The van der Waals surface area contributed by atoms with E-state index in [1.807, 2.05) is 4.98 Å². The summed E-state index contributed by atoms with van der Waals surface area (Å²) in [6.45, 7) is 1.87. The lowest BCUT2D eigenvalue weighted by Gasteiger charge is -2.30. The summed E-state index contributed by atoms with van der Waals surface area (Å²) in [5, 5.41) is 30.4. The molecular formula is C13H16N2O8. The number of hydrogen-bond acceptors (Lipinski definition) is 8. The Labute approximate surface area is 129 Å². The Kier molecular flexibility index (Phi) is 4.35. The van der Waals surface area contributed by atoms with Gasteiger partial charge < -0.3 is 20.1 Å². The summed E-state index contributed by atoms with van der Waals surface area (Å²) >= 11 is 0. The maximum Gasteiger partial charge on any atom is 0.330 e. The summed E-state index contributed by atoms with van der Waals surface area (Å²) in [7, 11) is 0. The van der Waals surface area contributed by atoms with Crippen molar-refractivity contribution in [1.82, 2.24) is 9.55 Å². The molecule has 0 aliphatic carbocycles. The Morgan fingerprint density at radius 3 is 2.26 bits per heavy atom. The van der Waals surface area contributed by atoms with Gasteiger partial charge in [-0.25, -0.2) is 4.79 Å². The fourth-order valence-corrected chi connectivity index (χ4v) is 2.51. The van der Waals surface area contributed by atoms with E-state index in [9.17, 15) is 34.5 Å². The van der Waals surface area contributed by atoms with Crippen LogP contribution in [0.2, 0.25) is 0 Å². The fraction of sp³-hybridized carbons (Fsp3) is 0.538. The number of carbonyl (C=O) groups is 2. The Hall–Kier alpha value is -2.14. The highest BCUT2D eigenvalue weighted by Crippen LogP contribution is 2.35. The second kappa shape index (κ2) is 5.81. The van der Waals surface area contributed by atoms with Crippen molar-refractivity contribution in [2.75, 3.05) is 0 Å². The number of rotatable bonds is 4. The van der Waals surface area contributed by atoms with Gasteiger partial charge in [-0.3, -0.25) is 23.9 Å². The van der Waals surface area contributed by atoms with Crippen molar-refractivity contribution in [2.24, 2.45) is 0 Å². The average Bonchev–Trinajstić information content (AvgIpc) is 2.74. The van der Waals surface area contributed by atoms with E-state index in [0.29, 0.717) is 0 Å². The zero-order chi connectivity index (χ0) is 17.5. The molecule has 1 saturated heterocycles. The lowest BCUT2D eigenvalue weighted by Crippen LogP contribution is -2.58. The number of nitrogens with zero attached hydrogens (tertiary/aromatic N) is 1. The van der Waals surface area contributed by atoms with Gasteiger partial charge in [0.05, 0.1) is 0 Å². The summed E-state index contributed by atoms with van der Waals surface area (Å²) in [6, 6.07) is 0.985.